The molecule has 14 heavy (non-hydrogen) atoms. The molecule has 1 rings (SSSR count). The van der Waals surface area contributed by atoms with Crippen molar-refractivity contribution in [3.63, 3.8) is 0 Å². The SMILES string of the molecule is C[C@H](CO)NCc1ccc([N+](=O)[O-])s1. The predicted octanol–water partition coefficient (Wildman–Crippen LogP) is 1.13. The maximum Gasteiger partial charge on any atom is 0.324 e. The van der Waals surface area contributed by atoms with E-state index < -0.39 is 4.92 Å². The van der Waals surface area contributed by atoms with Gasteiger partial charge in [-0.3, -0.25) is 10.1 Å². The van der Waals surface area contributed by atoms with Crippen molar-refractivity contribution in [2.75, 3.05) is 6.61 Å². The van der Waals surface area contributed by atoms with Crippen LogP contribution in [0.2, 0.25) is 0 Å². The Balaban J connectivity index is 2.48. The quantitative estimate of drug-likeness (QED) is 0.571. The molecule has 0 bridgehead atoms. The van der Waals surface area contributed by atoms with Gasteiger partial charge in [-0.05, 0) is 13.0 Å². The van der Waals surface area contributed by atoms with E-state index in [1.807, 2.05) is 6.92 Å². The van der Waals surface area contributed by atoms with Gasteiger partial charge in [0.05, 0.1) is 11.5 Å². The lowest BCUT2D eigenvalue weighted by Crippen LogP contribution is -2.28. The minimum atomic E-state index is -0.399. The molecule has 0 aromatic carbocycles. The van der Waals surface area contributed by atoms with E-state index in [9.17, 15) is 10.1 Å². The Labute approximate surface area is 85.5 Å². The summed E-state index contributed by atoms with van der Waals surface area (Å²) in [4.78, 5) is 10.9. The molecule has 78 valence electrons. The largest absolute Gasteiger partial charge is 0.395 e. The number of thiophene rings is 1. The molecular formula is C8H12N2O3S. The fourth-order valence-corrected chi connectivity index (χ4v) is 1.67. The maximum absolute atomic E-state index is 10.4. The molecule has 0 aliphatic carbocycles. The van der Waals surface area contributed by atoms with Crippen LogP contribution in [0.5, 0.6) is 0 Å². The van der Waals surface area contributed by atoms with Crippen molar-refractivity contribution in [2.45, 2.75) is 19.5 Å². The maximum atomic E-state index is 10.4. The van der Waals surface area contributed by atoms with Gasteiger partial charge < -0.3 is 10.4 Å². The number of aliphatic hydroxyl groups excluding tert-OH is 1. The molecule has 2 N–H and O–H groups in total. The van der Waals surface area contributed by atoms with Crippen LogP contribution in [0.3, 0.4) is 0 Å². The van der Waals surface area contributed by atoms with Crippen molar-refractivity contribution in [3.05, 3.63) is 27.1 Å². The Bertz CT molecular complexity index is 313. The molecule has 0 saturated carbocycles. The molecular weight excluding hydrogens is 204 g/mol. The van der Waals surface area contributed by atoms with Crippen molar-refractivity contribution >= 4 is 16.3 Å². The summed E-state index contributed by atoms with van der Waals surface area (Å²) >= 11 is 1.15. The first kappa shape index (κ1) is 11.1. The van der Waals surface area contributed by atoms with Gasteiger partial charge in [0.2, 0.25) is 0 Å². The van der Waals surface area contributed by atoms with E-state index in [4.69, 9.17) is 5.11 Å². The lowest BCUT2D eigenvalue weighted by Gasteiger charge is -2.08. The first-order valence-electron chi connectivity index (χ1n) is 4.21. The molecule has 0 radical (unpaired) electrons. The van der Waals surface area contributed by atoms with Crippen molar-refractivity contribution < 1.29 is 10.0 Å². The van der Waals surface area contributed by atoms with E-state index in [1.165, 1.54) is 6.07 Å². The van der Waals surface area contributed by atoms with E-state index in [0.29, 0.717) is 6.54 Å². The van der Waals surface area contributed by atoms with Crippen molar-refractivity contribution in [2.24, 2.45) is 0 Å². The molecule has 0 aliphatic rings. The number of hydrogen-bond donors (Lipinski definition) is 2. The lowest BCUT2D eigenvalue weighted by molar-refractivity contribution is -0.380. The first-order chi connectivity index (χ1) is 6.63. The number of rotatable bonds is 5. The van der Waals surface area contributed by atoms with Gasteiger partial charge >= 0.3 is 5.00 Å². The zero-order valence-corrected chi connectivity index (χ0v) is 8.58. The summed E-state index contributed by atoms with van der Waals surface area (Å²) in [5.74, 6) is 0. The molecule has 0 unspecified atom stereocenters. The Morgan fingerprint density at radius 2 is 2.43 bits per heavy atom. The standard InChI is InChI=1S/C8H12N2O3S/c1-6(5-11)9-4-7-2-3-8(14-7)10(12)13/h2-3,6,9,11H,4-5H2,1H3/t6-/m1/s1. The molecule has 0 fully saturated rings. The molecule has 0 saturated heterocycles. The van der Waals surface area contributed by atoms with Crippen molar-refractivity contribution in [3.8, 4) is 0 Å². The minimum Gasteiger partial charge on any atom is -0.395 e. The molecule has 1 aromatic rings. The van der Waals surface area contributed by atoms with Gasteiger partial charge in [0.25, 0.3) is 0 Å². The van der Waals surface area contributed by atoms with Crippen LogP contribution in [0.1, 0.15) is 11.8 Å². The topological polar surface area (TPSA) is 75.4 Å². The van der Waals surface area contributed by atoms with Crippen molar-refractivity contribution in [1.29, 1.82) is 0 Å². The molecule has 0 aliphatic heterocycles. The smallest absolute Gasteiger partial charge is 0.324 e. The van der Waals surface area contributed by atoms with E-state index in [2.05, 4.69) is 5.32 Å². The van der Waals surface area contributed by atoms with Gasteiger partial charge in [-0.25, -0.2) is 0 Å². The van der Waals surface area contributed by atoms with Gasteiger partial charge in [-0.2, -0.15) is 0 Å². The second-order valence-electron chi connectivity index (χ2n) is 2.96. The van der Waals surface area contributed by atoms with Gasteiger partial charge in [0.15, 0.2) is 0 Å². The van der Waals surface area contributed by atoms with Gasteiger partial charge in [-0.1, -0.05) is 11.3 Å². The Morgan fingerprint density at radius 3 is 2.93 bits per heavy atom. The van der Waals surface area contributed by atoms with E-state index >= 15 is 0 Å². The third-order valence-electron chi connectivity index (χ3n) is 1.73. The highest BCUT2D eigenvalue weighted by molar-refractivity contribution is 7.15. The Morgan fingerprint density at radius 1 is 1.71 bits per heavy atom. The average molecular weight is 216 g/mol. The van der Waals surface area contributed by atoms with Gasteiger partial charge in [0.1, 0.15) is 0 Å². The number of hydrogen-bond acceptors (Lipinski definition) is 5. The van der Waals surface area contributed by atoms with Crippen LogP contribution in [0.25, 0.3) is 0 Å². The summed E-state index contributed by atoms with van der Waals surface area (Å²) in [6.07, 6.45) is 0. The summed E-state index contributed by atoms with van der Waals surface area (Å²) in [6.45, 7) is 2.47. The average Bonchev–Trinajstić information content (AvgIpc) is 2.62. The molecule has 0 amide bonds. The van der Waals surface area contributed by atoms with Gasteiger partial charge in [0, 0.05) is 23.5 Å². The molecule has 1 atom stereocenters. The van der Waals surface area contributed by atoms with Crippen molar-refractivity contribution in [1.82, 2.24) is 5.32 Å². The zero-order valence-electron chi connectivity index (χ0n) is 7.77. The molecule has 5 nitrogen and oxygen atoms in total. The molecule has 1 aromatic heterocycles. The fraction of sp³-hybridized carbons (Fsp3) is 0.500. The van der Waals surface area contributed by atoms with E-state index in [1.54, 1.807) is 6.07 Å². The lowest BCUT2D eigenvalue weighted by atomic mass is 10.3. The van der Waals surface area contributed by atoms with Crippen LogP contribution in [0.4, 0.5) is 5.00 Å². The van der Waals surface area contributed by atoms with Gasteiger partial charge in [-0.15, -0.1) is 0 Å². The second kappa shape index (κ2) is 5.04. The molecule has 6 heteroatoms. The fourth-order valence-electron chi connectivity index (χ4n) is 0.899. The molecule has 0 spiro atoms. The molecule has 1 heterocycles. The normalized spacial score (nSPS) is 12.7. The predicted molar refractivity (Wildman–Crippen MR) is 54.4 cm³/mol. The summed E-state index contributed by atoms with van der Waals surface area (Å²) < 4.78 is 0. The summed E-state index contributed by atoms with van der Waals surface area (Å²) in [5.41, 5.74) is 0. The summed E-state index contributed by atoms with van der Waals surface area (Å²) in [6, 6.07) is 3.22. The van der Waals surface area contributed by atoms with Crippen LogP contribution in [-0.4, -0.2) is 22.7 Å². The summed E-state index contributed by atoms with van der Waals surface area (Å²) in [7, 11) is 0. The van der Waals surface area contributed by atoms with Crippen LogP contribution in [0.15, 0.2) is 12.1 Å². The Hall–Kier alpha value is -0.980. The minimum absolute atomic E-state index is 0.0103. The second-order valence-corrected chi connectivity index (χ2v) is 4.11. The number of aliphatic hydroxyl groups is 1. The zero-order chi connectivity index (χ0) is 10.6. The highest BCUT2D eigenvalue weighted by Crippen LogP contribution is 2.23. The number of nitro groups is 1. The van der Waals surface area contributed by atoms with E-state index in [-0.39, 0.29) is 17.6 Å². The number of nitrogens with zero attached hydrogens (tertiary/aromatic N) is 1. The Kier molecular flexibility index (Phi) is 3.99. The van der Waals surface area contributed by atoms with Crippen LogP contribution >= 0.6 is 11.3 Å². The monoisotopic (exact) mass is 216 g/mol. The van der Waals surface area contributed by atoms with Crippen LogP contribution in [-0.2, 0) is 6.54 Å². The van der Waals surface area contributed by atoms with Crippen LogP contribution < -0.4 is 5.32 Å². The highest BCUT2D eigenvalue weighted by atomic mass is 32.1. The first-order valence-corrected chi connectivity index (χ1v) is 5.02. The third-order valence-corrected chi connectivity index (χ3v) is 2.76. The highest BCUT2D eigenvalue weighted by Gasteiger charge is 2.09. The third kappa shape index (κ3) is 3.06. The van der Waals surface area contributed by atoms with E-state index in [0.717, 1.165) is 16.2 Å². The van der Waals surface area contributed by atoms with Crippen LogP contribution in [0, 0.1) is 10.1 Å². The summed E-state index contributed by atoms with van der Waals surface area (Å²) in [5, 5.41) is 22.3. The number of nitrogens with one attached hydrogen (secondary N) is 1.